The summed E-state index contributed by atoms with van der Waals surface area (Å²) in [5.74, 6) is 1.59. The van der Waals surface area contributed by atoms with Crippen LogP contribution in [0.1, 0.15) is 25.8 Å². The lowest BCUT2D eigenvalue weighted by atomic mass is 10.1. The maximum Gasteiger partial charge on any atom is 0.163 e. The molecule has 10 heteroatoms. The van der Waals surface area contributed by atoms with E-state index in [1.807, 2.05) is 12.1 Å². The third-order valence-electron chi connectivity index (χ3n) is 6.15. The second-order valence-corrected chi connectivity index (χ2v) is 9.80. The van der Waals surface area contributed by atoms with Crippen LogP contribution in [-0.2, 0) is 4.74 Å². The minimum Gasteiger partial charge on any atom is -0.495 e. The number of halogens is 2. The summed E-state index contributed by atoms with van der Waals surface area (Å²) in [6.07, 6.45) is 2.86. The van der Waals surface area contributed by atoms with Gasteiger partial charge in [0.1, 0.15) is 11.8 Å². The Morgan fingerprint density at radius 2 is 1.78 bits per heavy atom. The number of fused-ring (bicyclic) bond motifs is 1. The zero-order chi connectivity index (χ0) is 26.5. The van der Waals surface area contributed by atoms with E-state index in [2.05, 4.69) is 35.1 Å². The summed E-state index contributed by atoms with van der Waals surface area (Å²) in [4.78, 5) is 6.88. The molecular formula is C27H30Cl2N4O4. The second-order valence-electron chi connectivity index (χ2n) is 8.99. The molecule has 4 rings (SSSR count). The Kier molecular flexibility index (Phi) is 8.83. The molecule has 8 nitrogen and oxygen atoms in total. The molecule has 0 radical (unpaired) electrons. The summed E-state index contributed by atoms with van der Waals surface area (Å²) in [6.45, 7) is 7.51. The van der Waals surface area contributed by atoms with Crippen molar-refractivity contribution in [1.29, 1.82) is 5.26 Å². The Labute approximate surface area is 227 Å². The molecule has 1 saturated heterocycles. The number of nitrogens with one attached hydrogen (secondary N) is 1. The van der Waals surface area contributed by atoms with Gasteiger partial charge >= 0.3 is 0 Å². The monoisotopic (exact) mass is 544 g/mol. The van der Waals surface area contributed by atoms with E-state index in [9.17, 15) is 5.26 Å². The van der Waals surface area contributed by atoms with Crippen LogP contribution in [0.15, 0.2) is 30.5 Å². The van der Waals surface area contributed by atoms with Crippen molar-refractivity contribution in [3.63, 3.8) is 0 Å². The largest absolute Gasteiger partial charge is 0.495 e. The molecule has 0 bridgehead atoms. The van der Waals surface area contributed by atoms with E-state index < -0.39 is 0 Å². The predicted octanol–water partition coefficient (Wildman–Crippen LogP) is 6.05. The topological polar surface area (TPSA) is 88.9 Å². The average Bonchev–Trinajstić information content (AvgIpc) is 2.87. The molecule has 1 N–H and O–H groups in total. The second kappa shape index (κ2) is 12.1. The number of morpholine rings is 1. The van der Waals surface area contributed by atoms with Crippen molar-refractivity contribution in [2.75, 3.05) is 45.8 Å². The molecule has 2 unspecified atom stereocenters. The molecule has 1 aliphatic heterocycles. The first-order valence-corrected chi connectivity index (χ1v) is 12.8. The van der Waals surface area contributed by atoms with Gasteiger partial charge in [-0.1, -0.05) is 23.2 Å². The van der Waals surface area contributed by atoms with E-state index in [1.165, 1.54) is 13.3 Å². The summed E-state index contributed by atoms with van der Waals surface area (Å²) in [5, 5.41) is 14.5. The van der Waals surface area contributed by atoms with E-state index in [4.69, 9.17) is 42.1 Å². The first-order valence-electron chi connectivity index (χ1n) is 12.0. The molecule has 3 aromatic rings. The Balaban J connectivity index is 1.57. The molecular weight excluding hydrogens is 515 g/mol. The number of rotatable bonds is 9. The number of nitrogens with zero attached hydrogens (tertiary/aromatic N) is 3. The highest BCUT2D eigenvalue weighted by atomic mass is 35.5. The van der Waals surface area contributed by atoms with Crippen LogP contribution in [-0.4, -0.2) is 62.6 Å². The Morgan fingerprint density at radius 1 is 1.05 bits per heavy atom. The SMILES string of the molecule is COc1cc(Nc2c(C#N)cnc3cc(OCCCN4CC(C)OC(C)C4)c(OC)cc23)c(Cl)cc1Cl. The molecule has 0 spiro atoms. The van der Waals surface area contributed by atoms with Crippen LogP contribution < -0.4 is 19.5 Å². The Hall–Kier alpha value is -2.96. The molecule has 0 saturated carbocycles. The van der Waals surface area contributed by atoms with E-state index in [0.717, 1.165) is 26.1 Å². The summed E-state index contributed by atoms with van der Waals surface area (Å²) >= 11 is 12.6. The predicted molar refractivity (Wildman–Crippen MR) is 146 cm³/mol. The fourth-order valence-corrected chi connectivity index (χ4v) is 5.05. The van der Waals surface area contributed by atoms with Crippen molar-refractivity contribution in [1.82, 2.24) is 9.88 Å². The van der Waals surface area contributed by atoms with E-state index in [1.54, 1.807) is 19.2 Å². The first-order chi connectivity index (χ1) is 17.8. The number of hydrogen-bond acceptors (Lipinski definition) is 8. The average molecular weight is 545 g/mol. The van der Waals surface area contributed by atoms with Gasteiger partial charge in [0, 0.05) is 43.4 Å². The van der Waals surface area contributed by atoms with Crippen LogP contribution in [0.25, 0.3) is 10.9 Å². The third-order valence-corrected chi connectivity index (χ3v) is 6.75. The minimum absolute atomic E-state index is 0.237. The number of aromatic nitrogens is 1. The van der Waals surface area contributed by atoms with E-state index >= 15 is 0 Å². The van der Waals surface area contributed by atoms with E-state index in [-0.39, 0.29) is 12.2 Å². The highest BCUT2D eigenvalue weighted by Crippen LogP contribution is 2.40. The lowest BCUT2D eigenvalue weighted by molar-refractivity contribution is -0.0686. The number of benzene rings is 2. The zero-order valence-electron chi connectivity index (χ0n) is 21.3. The Bertz CT molecular complexity index is 1300. The number of nitriles is 1. The van der Waals surface area contributed by atoms with Crippen LogP contribution in [0.3, 0.4) is 0 Å². The highest BCUT2D eigenvalue weighted by molar-refractivity contribution is 6.37. The molecule has 196 valence electrons. The highest BCUT2D eigenvalue weighted by Gasteiger charge is 2.22. The normalized spacial score (nSPS) is 17.9. The first kappa shape index (κ1) is 27.1. The molecule has 1 aliphatic rings. The van der Waals surface area contributed by atoms with Gasteiger partial charge in [0.2, 0.25) is 0 Å². The molecule has 2 aromatic carbocycles. The zero-order valence-corrected chi connectivity index (χ0v) is 22.8. The summed E-state index contributed by atoms with van der Waals surface area (Å²) in [6, 6.07) is 9.09. The van der Waals surface area contributed by atoms with Gasteiger partial charge in [0.25, 0.3) is 0 Å². The fraction of sp³-hybridized carbons (Fsp3) is 0.407. The van der Waals surface area contributed by atoms with Gasteiger partial charge in [-0.2, -0.15) is 5.26 Å². The minimum atomic E-state index is 0.237. The summed E-state index contributed by atoms with van der Waals surface area (Å²) in [7, 11) is 3.11. The smallest absolute Gasteiger partial charge is 0.163 e. The van der Waals surface area contributed by atoms with Crippen molar-refractivity contribution in [2.45, 2.75) is 32.5 Å². The van der Waals surface area contributed by atoms with Crippen LogP contribution in [0, 0.1) is 11.3 Å². The summed E-state index contributed by atoms with van der Waals surface area (Å²) < 4.78 is 22.9. The van der Waals surface area contributed by atoms with Crippen LogP contribution >= 0.6 is 23.2 Å². The molecule has 37 heavy (non-hydrogen) atoms. The number of anilines is 2. The van der Waals surface area contributed by atoms with Crippen LogP contribution in [0.4, 0.5) is 11.4 Å². The lowest BCUT2D eigenvalue weighted by Crippen LogP contribution is -2.45. The van der Waals surface area contributed by atoms with Crippen molar-refractivity contribution >= 4 is 45.5 Å². The van der Waals surface area contributed by atoms with Gasteiger partial charge in [-0.3, -0.25) is 9.88 Å². The van der Waals surface area contributed by atoms with Gasteiger partial charge in [0.15, 0.2) is 11.5 Å². The van der Waals surface area contributed by atoms with Crippen molar-refractivity contribution < 1.29 is 18.9 Å². The van der Waals surface area contributed by atoms with Gasteiger partial charge in [-0.15, -0.1) is 0 Å². The third kappa shape index (κ3) is 6.31. The molecule has 2 atom stereocenters. The number of hydrogen-bond donors (Lipinski definition) is 1. The Morgan fingerprint density at radius 3 is 2.46 bits per heavy atom. The van der Waals surface area contributed by atoms with Crippen molar-refractivity contribution in [2.24, 2.45) is 0 Å². The van der Waals surface area contributed by atoms with E-state index in [0.29, 0.717) is 61.7 Å². The summed E-state index contributed by atoms with van der Waals surface area (Å²) in [5.41, 5.74) is 2.07. The lowest BCUT2D eigenvalue weighted by Gasteiger charge is -2.35. The standard InChI is InChI=1S/C27H30Cl2N4O4/c1-16-14-33(15-17(2)37-16)6-5-7-36-26-10-22-19(8-25(26)35-4)27(18(12-30)13-31-22)32-23-11-24(34-3)21(29)9-20(23)28/h8-11,13,16-17H,5-7,14-15H2,1-4H3,(H,31,32). The van der Waals surface area contributed by atoms with Gasteiger partial charge in [0.05, 0.1) is 65.5 Å². The van der Waals surface area contributed by atoms with Crippen LogP contribution in [0.5, 0.6) is 17.2 Å². The molecule has 0 aliphatic carbocycles. The maximum atomic E-state index is 9.76. The molecule has 1 fully saturated rings. The van der Waals surface area contributed by atoms with Crippen molar-refractivity contribution in [3.05, 3.63) is 46.1 Å². The maximum absolute atomic E-state index is 9.76. The van der Waals surface area contributed by atoms with Crippen molar-refractivity contribution in [3.8, 4) is 23.3 Å². The molecule has 0 amide bonds. The number of ether oxygens (including phenoxy) is 4. The number of pyridine rings is 1. The molecule has 2 heterocycles. The van der Waals surface area contributed by atoms with Gasteiger partial charge in [-0.25, -0.2) is 0 Å². The molecule has 1 aromatic heterocycles. The number of methoxy groups -OCH3 is 2. The van der Waals surface area contributed by atoms with Gasteiger partial charge < -0.3 is 24.3 Å². The quantitative estimate of drug-likeness (QED) is 0.325. The van der Waals surface area contributed by atoms with Crippen LogP contribution in [0.2, 0.25) is 10.0 Å². The fourth-order valence-electron chi connectivity index (χ4n) is 4.55. The van der Waals surface area contributed by atoms with Gasteiger partial charge in [-0.05, 0) is 32.4 Å².